The summed E-state index contributed by atoms with van der Waals surface area (Å²) < 4.78 is 48.8. The molecule has 0 spiro atoms. The molecule has 0 bridgehead atoms. The first-order valence-corrected chi connectivity index (χ1v) is 11.3. The topological polar surface area (TPSA) is 9.23 Å². The van der Waals surface area contributed by atoms with Gasteiger partial charge in [0, 0.05) is 11.1 Å². The summed E-state index contributed by atoms with van der Waals surface area (Å²) in [6.45, 7) is 4.00. The third-order valence-corrected chi connectivity index (χ3v) is 6.11. The Morgan fingerprint density at radius 3 is 2.21 bits per heavy atom. The zero-order valence-electron chi connectivity index (χ0n) is 18.9. The van der Waals surface area contributed by atoms with Crippen LogP contribution >= 0.6 is 0 Å². The van der Waals surface area contributed by atoms with Crippen LogP contribution in [0.3, 0.4) is 0 Å². The van der Waals surface area contributed by atoms with Crippen molar-refractivity contribution < 1.29 is 17.9 Å². The van der Waals surface area contributed by atoms with Crippen LogP contribution < -0.4 is 4.74 Å². The second kappa shape index (κ2) is 10.1. The SMILES string of the molecule is C/C=C/C1CC=C(c2ccc(-c3ccc(-c4ccc(OCC)c(F)c4F)cc3)cc2F)CC1. The van der Waals surface area contributed by atoms with Crippen molar-refractivity contribution in [1.29, 1.82) is 0 Å². The van der Waals surface area contributed by atoms with Crippen molar-refractivity contribution in [1.82, 2.24) is 0 Å². The molecule has 0 fully saturated rings. The van der Waals surface area contributed by atoms with Gasteiger partial charge in [0.25, 0.3) is 0 Å². The fourth-order valence-corrected chi connectivity index (χ4v) is 4.37. The van der Waals surface area contributed by atoms with E-state index in [0.29, 0.717) is 17.0 Å². The number of hydrogen-bond acceptors (Lipinski definition) is 1. The average molecular weight is 449 g/mol. The molecule has 0 saturated carbocycles. The summed E-state index contributed by atoms with van der Waals surface area (Å²) in [6.07, 6.45) is 9.26. The van der Waals surface area contributed by atoms with Crippen LogP contribution in [0.1, 0.15) is 38.7 Å². The minimum Gasteiger partial charge on any atom is -0.491 e. The van der Waals surface area contributed by atoms with E-state index in [1.807, 2.05) is 19.1 Å². The third-order valence-electron chi connectivity index (χ3n) is 6.11. The first kappa shape index (κ1) is 22.9. The molecule has 0 aliphatic heterocycles. The van der Waals surface area contributed by atoms with E-state index in [-0.39, 0.29) is 23.7 Å². The van der Waals surface area contributed by atoms with Crippen LogP contribution in [0.25, 0.3) is 27.8 Å². The van der Waals surface area contributed by atoms with Crippen molar-refractivity contribution in [3.63, 3.8) is 0 Å². The van der Waals surface area contributed by atoms with Crippen molar-refractivity contribution in [3.05, 3.63) is 95.8 Å². The summed E-state index contributed by atoms with van der Waals surface area (Å²) in [5, 5.41) is 0. The molecule has 3 aromatic rings. The van der Waals surface area contributed by atoms with Crippen molar-refractivity contribution in [2.75, 3.05) is 6.61 Å². The zero-order chi connectivity index (χ0) is 23.4. The molecular weight excluding hydrogens is 421 g/mol. The Labute approximate surface area is 193 Å². The van der Waals surface area contributed by atoms with Gasteiger partial charge in [-0.3, -0.25) is 0 Å². The first-order chi connectivity index (χ1) is 16.0. The van der Waals surface area contributed by atoms with E-state index in [4.69, 9.17) is 4.74 Å². The van der Waals surface area contributed by atoms with Gasteiger partial charge in [-0.25, -0.2) is 8.78 Å². The first-order valence-electron chi connectivity index (χ1n) is 11.3. The van der Waals surface area contributed by atoms with E-state index in [9.17, 15) is 13.2 Å². The van der Waals surface area contributed by atoms with E-state index < -0.39 is 11.6 Å². The molecule has 0 heterocycles. The van der Waals surface area contributed by atoms with Gasteiger partial charge in [0.1, 0.15) is 5.82 Å². The zero-order valence-corrected chi connectivity index (χ0v) is 18.9. The lowest BCUT2D eigenvalue weighted by Gasteiger charge is -2.20. The maximum absolute atomic E-state index is 14.9. The van der Waals surface area contributed by atoms with Gasteiger partial charge in [-0.1, -0.05) is 54.6 Å². The highest BCUT2D eigenvalue weighted by atomic mass is 19.2. The number of rotatable bonds is 6. The molecule has 1 atom stereocenters. The van der Waals surface area contributed by atoms with Crippen molar-refractivity contribution in [2.24, 2.45) is 5.92 Å². The fourth-order valence-electron chi connectivity index (χ4n) is 4.37. The Morgan fingerprint density at radius 1 is 0.879 bits per heavy atom. The molecule has 3 aromatic carbocycles. The standard InChI is InChI=1S/C29H27F3O/c1-3-5-19-6-8-21(9-7-19)24-15-14-23(18-26(24)30)20-10-12-22(13-11-20)25-16-17-27(33-4-2)29(32)28(25)31/h3,5,8,10-19H,4,6-7,9H2,1-2H3/b5-3+. The largest absolute Gasteiger partial charge is 0.491 e. The van der Waals surface area contributed by atoms with Crippen LogP contribution in [0.5, 0.6) is 5.75 Å². The van der Waals surface area contributed by atoms with Crippen LogP contribution in [-0.4, -0.2) is 6.61 Å². The Balaban J connectivity index is 1.55. The Kier molecular flexibility index (Phi) is 7.02. The van der Waals surface area contributed by atoms with Crippen molar-refractivity contribution in [2.45, 2.75) is 33.1 Å². The normalized spacial score (nSPS) is 16.2. The average Bonchev–Trinajstić information content (AvgIpc) is 2.83. The smallest absolute Gasteiger partial charge is 0.201 e. The van der Waals surface area contributed by atoms with Gasteiger partial charge in [-0.2, -0.15) is 4.39 Å². The number of ether oxygens (including phenoxy) is 1. The second-order valence-corrected chi connectivity index (χ2v) is 8.23. The predicted molar refractivity (Wildman–Crippen MR) is 128 cm³/mol. The summed E-state index contributed by atoms with van der Waals surface area (Å²) in [5.41, 5.74) is 3.96. The number of hydrogen-bond donors (Lipinski definition) is 0. The molecule has 1 unspecified atom stereocenters. The molecular formula is C29H27F3O. The summed E-state index contributed by atoms with van der Waals surface area (Å²) in [7, 11) is 0. The van der Waals surface area contributed by atoms with Crippen LogP contribution in [0.2, 0.25) is 0 Å². The third kappa shape index (κ3) is 4.90. The summed E-state index contributed by atoms with van der Waals surface area (Å²) >= 11 is 0. The molecule has 33 heavy (non-hydrogen) atoms. The number of halogens is 3. The molecule has 170 valence electrons. The van der Waals surface area contributed by atoms with Gasteiger partial charge in [-0.15, -0.1) is 0 Å². The maximum atomic E-state index is 14.9. The van der Waals surface area contributed by atoms with E-state index >= 15 is 0 Å². The van der Waals surface area contributed by atoms with Gasteiger partial charge in [-0.05, 0) is 79.5 Å². The van der Waals surface area contributed by atoms with Gasteiger partial charge < -0.3 is 4.74 Å². The number of benzene rings is 3. The quantitative estimate of drug-likeness (QED) is 0.343. The molecule has 1 nitrogen and oxygen atoms in total. The minimum absolute atomic E-state index is 0.101. The van der Waals surface area contributed by atoms with E-state index in [1.54, 1.807) is 37.3 Å². The van der Waals surface area contributed by atoms with Crippen molar-refractivity contribution >= 4 is 5.57 Å². The summed E-state index contributed by atoms with van der Waals surface area (Å²) in [6, 6.07) is 15.2. The molecule has 1 aliphatic rings. The molecule has 0 radical (unpaired) electrons. The van der Waals surface area contributed by atoms with Crippen LogP contribution in [0, 0.1) is 23.4 Å². The molecule has 0 amide bonds. The lowest BCUT2D eigenvalue weighted by molar-refractivity contribution is 0.314. The lowest BCUT2D eigenvalue weighted by Crippen LogP contribution is -2.03. The molecule has 1 aliphatic carbocycles. The minimum atomic E-state index is -0.995. The Morgan fingerprint density at radius 2 is 1.58 bits per heavy atom. The summed E-state index contributed by atoms with van der Waals surface area (Å²) in [5.74, 6) is -1.75. The number of allylic oxidation sites excluding steroid dienone is 4. The highest BCUT2D eigenvalue weighted by Gasteiger charge is 2.17. The lowest BCUT2D eigenvalue weighted by atomic mass is 9.86. The van der Waals surface area contributed by atoms with Gasteiger partial charge >= 0.3 is 0 Å². The second-order valence-electron chi connectivity index (χ2n) is 8.23. The van der Waals surface area contributed by atoms with E-state index in [1.165, 1.54) is 12.1 Å². The molecule has 4 rings (SSSR count). The Bertz CT molecular complexity index is 1190. The van der Waals surface area contributed by atoms with Gasteiger partial charge in [0.05, 0.1) is 6.61 Å². The van der Waals surface area contributed by atoms with E-state index in [2.05, 4.69) is 18.2 Å². The highest BCUT2D eigenvalue weighted by Crippen LogP contribution is 2.35. The van der Waals surface area contributed by atoms with Crippen LogP contribution in [-0.2, 0) is 0 Å². The molecule has 0 aromatic heterocycles. The van der Waals surface area contributed by atoms with Gasteiger partial charge in [0.2, 0.25) is 5.82 Å². The van der Waals surface area contributed by atoms with Gasteiger partial charge in [0.15, 0.2) is 11.6 Å². The van der Waals surface area contributed by atoms with E-state index in [0.717, 1.165) is 36.0 Å². The maximum Gasteiger partial charge on any atom is 0.201 e. The Hall–Kier alpha value is -3.27. The molecule has 0 saturated heterocycles. The van der Waals surface area contributed by atoms with Crippen molar-refractivity contribution in [3.8, 4) is 28.0 Å². The molecule has 0 N–H and O–H groups in total. The van der Waals surface area contributed by atoms with Crippen LogP contribution in [0.15, 0.2) is 72.8 Å². The molecule has 4 heteroatoms. The monoisotopic (exact) mass is 448 g/mol. The summed E-state index contributed by atoms with van der Waals surface area (Å²) in [4.78, 5) is 0. The fraction of sp³-hybridized carbons (Fsp3) is 0.241. The predicted octanol–water partition coefficient (Wildman–Crippen LogP) is 8.60. The van der Waals surface area contributed by atoms with Crippen LogP contribution in [0.4, 0.5) is 13.2 Å². The highest BCUT2D eigenvalue weighted by molar-refractivity contribution is 5.74.